The molecule has 1 saturated heterocycles. The molecule has 0 unspecified atom stereocenters. The number of rotatable bonds is 3. The van der Waals surface area contributed by atoms with Crippen molar-refractivity contribution in [3.05, 3.63) is 18.5 Å². The normalized spacial score (nSPS) is 19.3. The first-order valence-electron chi connectivity index (χ1n) is 5.71. The predicted octanol–water partition coefficient (Wildman–Crippen LogP) is 1.89. The van der Waals surface area contributed by atoms with Crippen LogP contribution in [0, 0.1) is 5.41 Å². The van der Waals surface area contributed by atoms with Gasteiger partial charge in [-0.25, -0.2) is 0 Å². The summed E-state index contributed by atoms with van der Waals surface area (Å²) in [5.41, 5.74) is 7.82. The summed E-state index contributed by atoms with van der Waals surface area (Å²) in [5, 5.41) is 3.40. The van der Waals surface area contributed by atoms with Gasteiger partial charge in [0.2, 0.25) is 0 Å². The molecule has 0 atom stereocenters. The highest BCUT2D eigenvalue weighted by Gasteiger charge is 2.27. The molecule has 88 valence electrons. The van der Waals surface area contributed by atoms with Crippen LogP contribution in [0.1, 0.15) is 19.8 Å². The van der Waals surface area contributed by atoms with E-state index in [4.69, 9.17) is 10.5 Å². The molecular weight excluding hydrogens is 202 g/mol. The van der Waals surface area contributed by atoms with Crippen molar-refractivity contribution >= 4 is 11.4 Å². The molecule has 1 aromatic rings. The summed E-state index contributed by atoms with van der Waals surface area (Å²) < 4.78 is 5.38. The number of nitrogens with one attached hydrogen (secondary N) is 1. The first-order chi connectivity index (χ1) is 7.70. The molecule has 3 N–H and O–H groups in total. The van der Waals surface area contributed by atoms with Gasteiger partial charge in [0, 0.05) is 26.0 Å². The standard InChI is InChI=1S/C12H19N3O/c1-12(3-6-16-7-4-12)9-15-11-2-5-14-8-10(11)13/h2,5,8H,3-4,6-7,9,13H2,1H3,(H,14,15). The Morgan fingerprint density at radius 3 is 2.94 bits per heavy atom. The third-order valence-corrected chi connectivity index (χ3v) is 3.26. The smallest absolute Gasteiger partial charge is 0.0736 e. The lowest BCUT2D eigenvalue weighted by molar-refractivity contribution is 0.0300. The molecule has 0 amide bonds. The van der Waals surface area contributed by atoms with Crippen molar-refractivity contribution in [3.63, 3.8) is 0 Å². The van der Waals surface area contributed by atoms with Crippen LogP contribution in [0.25, 0.3) is 0 Å². The summed E-state index contributed by atoms with van der Waals surface area (Å²) in [5.74, 6) is 0. The zero-order valence-electron chi connectivity index (χ0n) is 9.70. The Labute approximate surface area is 96.2 Å². The van der Waals surface area contributed by atoms with E-state index in [9.17, 15) is 0 Å². The average molecular weight is 221 g/mol. The van der Waals surface area contributed by atoms with Gasteiger partial charge >= 0.3 is 0 Å². The molecule has 0 aromatic carbocycles. The highest BCUT2D eigenvalue weighted by Crippen LogP contribution is 2.30. The van der Waals surface area contributed by atoms with Crippen molar-refractivity contribution in [2.45, 2.75) is 19.8 Å². The van der Waals surface area contributed by atoms with Gasteiger partial charge in [-0.1, -0.05) is 6.92 Å². The fraction of sp³-hybridized carbons (Fsp3) is 0.583. The van der Waals surface area contributed by atoms with E-state index < -0.39 is 0 Å². The summed E-state index contributed by atoms with van der Waals surface area (Å²) in [6.45, 7) is 4.96. The van der Waals surface area contributed by atoms with Gasteiger partial charge < -0.3 is 15.8 Å². The lowest BCUT2D eigenvalue weighted by Crippen LogP contribution is -2.33. The van der Waals surface area contributed by atoms with E-state index in [0.717, 1.165) is 38.3 Å². The average Bonchev–Trinajstić information content (AvgIpc) is 2.29. The quantitative estimate of drug-likeness (QED) is 0.818. The van der Waals surface area contributed by atoms with Crippen molar-refractivity contribution in [2.75, 3.05) is 30.8 Å². The minimum Gasteiger partial charge on any atom is -0.396 e. The van der Waals surface area contributed by atoms with Crippen molar-refractivity contribution in [2.24, 2.45) is 5.41 Å². The molecule has 16 heavy (non-hydrogen) atoms. The van der Waals surface area contributed by atoms with Crippen molar-refractivity contribution < 1.29 is 4.74 Å². The predicted molar refractivity (Wildman–Crippen MR) is 65.3 cm³/mol. The minimum atomic E-state index is 0.313. The van der Waals surface area contributed by atoms with E-state index >= 15 is 0 Å². The van der Waals surface area contributed by atoms with E-state index in [1.165, 1.54) is 0 Å². The van der Waals surface area contributed by atoms with Crippen molar-refractivity contribution in [1.82, 2.24) is 4.98 Å². The number of ether oxygens (including phenoxy) is 1. The Bertz CT molecular complexity index is 348. The Kier molecular flexibility index (Phi) is 3.29. The third-order valence-electron chi connectivity index (χ3n) is 3.26. The lowest BCUT2D eigenvalue weighted by Gasteiger charge is -2.34. The van der Waals surface area contributed by atoms with Gasteiger partial charge in [0.25, 0.3) is 0 Å². The second-order valence-corrected chi connectivity index (χ2v) is 4.74. The number of pyridine rings is 1. The van der Waals surface area contributed by atoms with E-state index in [0.29, 0.717) is 11.1 Å². The number of hydrogen-bond acceptors (Lipinski definition) is 4. The minimum absolute atomic E-state index is 0.313. The van der Waals surface area contributed by atoms with Crippen molar-refractivity contribution in [3.8, 4) is 0 Å². The first kappa shape index (κ1) is 11.2. The van der Waals surface area contributed by atoms with Crippen LogP contribution in [0.4, 0.5) is 11.4 Å². The van der Waals surface area contributed by atoms with Gasteiger partial charge in [-0.15, -0.1) is 0 Å². The highest BCUT2D eigenvalue weighted by molar-refractivity contribution is 5.64. The highest BCUT2D eigenvalue weighted by atomic mass is 16.5. The second-order valence-electron chi connectivity index (χ2n) is 4.74. The zero-order chi connectivity index (χ0) is 11.4. The summed E-state index contributed by atoms with van der Waals surface area (Å²) in [6, 6.07) is 1.91. The molecule has 4 nitrogen and oxygen atoms in total. The maximum atomic E-state index is 5.83. The summed E-state index contributed by atoms with van der Waals surface area (Å²) in [7, 11) is 0. The fourth-order valence-electron chi connectivity index (χ4n) is 1.92. The lowest BCUT2D eigenvalue weighted by atomic mass is 9.82. The van der Waals surface area contributed by atoms with Crippen LogP contribution in [0.5, 0.6) is 0 Å². The van der Waals surface area contributed by atoms with Crippen LogP contribution in [-0.4, -0.2) is 24.7 Å². The molecule has 4 heteroatoms. The first-order valence-corrected chi connectivity index (χ1v) is 5.71. The number of nitrogens with two attached hydrogens (primary N) is 1. The van der Waals surface area contributed by atoms with E-state index in [2.05, 4.69) is 17.2 Å². The van der Waals surface area contributed by atoms with Gasteiger partial charge in [-0.2, -0.15) is 0 Å². The molecule has 2 rings (SSSR count). The zero-order valence-corrected chi connectivity index (χ0v) is 9.70. The molecule has 0 bridgehead atoms. The Balaban J connectivity index is 1.94. The van der Waals surface area contributed by atoms with Crippen LogP contribution < -0.4 is 11.1 Å². The van der Waals surface area contributed by atoms with Crippen LogP contribution in [0.15, 0.2) is 18.5 Å². The Morgan fingerprint density at radius 2 is 2.25 bits per heavy atom. The third kappa shape index (κ3) is 2.64. The number of nitrogens with zero attached hydrogens (tertiary/aromatic N) is 1. The monoisotopic (exact) mass is 221 g/mol. The van der Waals surface area contributed by atoms with Crippen LogP contribution in [-0.2, 0) is 4.74 Å². The number of nitrogen functional groups attached to an aromatic ring is 1. The van der Waals surface area contributed by atoms with Crippen molar-refractivity contribution in [1.29, 1.82) is 0 Å². The van der Waals surface area contributed by atoms with Crippen LogP contribution >= 0.6 is 0 Å². The molecule has 0 radical (unpaired) electrons. The molecule has 2 heterocycles. The van der Waals surface area contributed by atoms with E-state index in [1.54, 1.807) is 12.4 Å². The molecule has 1 aliphatic heterocycles. The SMILES string of the molecule is CC1(CNc2ccncc2N)CCOCC1. The summed E-state index contributed by atoms with van der Waals surface area (Å²) >= 11 is 0. The largest absolute Gasteiger partial charge is 0.396 e. The van der Waals surface area contributed by atoms with E-state index in [1.807, 2.05) is 6.07 Å². The van der Waals surface area contributed by atoms with Gasteiger partial charge in [0.15, 0.2) is 0 Å². The number of aromatic nitrogens is 1. The van der Waals surface area contributed by atoms with E-state index in [-0.39, 0.29) is 0 Å². The van der Waals surface area contributed by atoms with Crippen LogP contribution in [0.2, 0.25) is 0 Å². The number of hydrogen-bond donors (Lipinski definition) is 2. The summed E-state index contributed by atoms with van der Waals surface area (Å²) in [6.07, 6.45) is 5.63. The molecule has 0 saturated carbocycles. The fourth-order valence-corrected chi connectivity index (χ4v) is 1.92. The Hall–Kier alpha value is -1.29. The summed E-state index contributed by atoms with van der Waals surface area (Å²) in [4.78, 5) is 3.97. The maximum absolute atomic E-state index is 5.83. The van der Waals surface area contributed by atoms with Gasteiger partial charge in [0.05, 0.1) is 17.6 Å². The van der Waals surface area contributed by atoms with Gasteiger partial charge in [-0.3, -0.25) is 4.98 Å². The molecular formula is C12H19N3O. The maximum Gasteiger partial charge on any atom is 0.0736 e. The second kappa shape index (κ2) is 4.70. The number of anilines is 2. The molecule has 0 aliphatic carbocycles. The topological polar surface area (TPSA) is 60.2 Å². The van der Waals surface area contributed by atoms with Gasteiger partial charge in [-0.05, 0) is 24.3 Å². The molecule has 1 aromatic heterocycles. The Morgan fingerprint density at radius 1 is 1.50 bits per heavy atom. The molecule has 1 fully saturated rings. The van der Waals surface area contributed by atoms with Crippen LogP contribution in [0.3, 0.4) is 0 Å². The molecule has 1 aliphatic rings. The van der Waals surface area contributed by atoms with Gasteiger partial charge in [0.1, 0.15) is 0 Å². The molecule has 0 spiro atoms.